The first-order chi connectivity index (χ1) is 9.66. The van der Waals surface area contributed by atoms with Crippen LogP contribution in [0.1, 0.15) is 34.1 Å². The van der Waals surface area contributed by atoms with Gasteiger partial charge < -0.3 is 4.74 Å². The number of rotatable bonds is 5. The molecular formula is C17H38O2S2. The summed E-state index contributed by atoms with van der Waals surface area (Å²) >= 11 is 1.75. The van der Waals surface area contributed by atoms with E-state index in [1.165, 1.54) is 0 Å². The molecule has 4 heteroatoms. The van der Waals surface area contributed by atoms with Gasteiger partial charge in [0, 0.05) is 5.57 Å². The normalized spacial score (nSPS) is 9.38. The third-order valence-corrected chi connectivity index (χ3v) is 3.00. The molecule has 2 nitrogen and oxygen atoms in total. The smallest absolute Gasteiger partial charge is 0.333 e. The number of ether oxygens (including phenoxy) is 1. The Morgan fingerprint density at radius 2 is 1.57 bits per heavy atom. The van der Waals surface area contributed by atoms with Gasteiger partial charge in [0.2, 0.25) is 0 Å². The van der Waals surface area contributed by atoms with Gasteiger partial charge in [-0.3, -0.25) is 0 Å². The highest BCUT2D eigenvalue weighted by molar-refractivity contribution is 8.32. The van der Waals surface area contributed by atoms with Gasteiger partial charge in [0.1, 0.15) is 0 Å². The summed E-state index contributed by atoms with van der Waals surface area (Å²) < 4.78 is 4.97. The zero-order valence-electron chi connectivity index (χ0n) is 15.7. The molecule has 0 amide bonds. The fourth-order valence-electron chi connectivity index (χ4n) is 0.780. The summed E-state index contributed by atoms with van der Waals surface area (Å²) in [5.41, 5.74) is 0.475. The summed E-state index contributed by atoms with van der Waals surface area (Å²) in [5, 5.41) is 0. The van der Waals surface area contributed by atoms with Crippen LogP contribution in [-0.4, -0.2) is 49.6 Å². The molecule has 21 heavy (non-hydrogen) atoms. The molecule has 0 atom stereocenters. The van der Waals surface area contributed by atoms with Crippen LogP contribution in [0, 0.1) is 0 Å². The number of thioether (sulfide) groups is 1. The SMILES string of the molecule is C=C(C)C(=O)OCCCS(C)(C)C.C=CC.CC.CSC. The van der Waals surface area contributed by atoms with Crippen molar-refractivity contribution in [2.75, 3.05) is 43.6 Å². The largest absolute Gasteiger partial charge is 0.462 e. The van der Waals surface area contributed by atoms with Crippen molar-refractivity contribution in [3.05, 3.63) is 24.8 Å². The first kappa shape index (κ1) is 28.8. The average molecular weight is 339 g/mol. The van der Waals surface area contributed by atoms with Gasteiger partial charge in [0.25, 0.3) is 0 Å². The fourth-order valence-corrected chi connectivity index (χ4v) is 1.76. The number of esters is 1. The van der Waals surface area contributed by atoms with E-state index in [0.717, 1.165) is 12.2 Å². The van der Waals surface area contributed by atoms with Crippen molar-refractivity contribution in [1.29, 1.82) is 0 Å². The highest BCUT2D eigenvalue weighted by Gasteiger charge is 2.05. The van der Waals surface area contributed by atoms with Crippen molar-refractivity contribution in [2.45, 2.75) is 34.1 Å². The minimum Gasteiger partial charge on any atom is -0.462 e. The topological polar surface area (TPSA) is 26.3 Å². The first-order valence-electron chi connectivity index (χ1n) is 7.12. The zero-order valence-corrected chi connectivity index (χ0v) is 17.4. The molecule has 0 aliphatic rings. The van der Waals surface area contributed by atoms with E-state index in [1.54, 1.807) is 24.8 Å². The van der Waals surface area contributed by atoms with Gasteiger partial charge in [-0.15, -0.1) is 6.58 Å². The van der Waals surface area contributed by atoms with Crippen molar-refractivity contribution in [1.82, 2.24) is 0 Å². The molecule has 0 spiro atoms. The average Bonchev–Trinajstić information content (AvgIpc) is 2.37. The van der Waals surface area contributed by atoms with Crippen molar-refractivity contribution in [3.8, 4) is 0 Å². The molecule has 0 radical (unpaired) electrons. The van der Waals surface area contributed by atoms with E-state index in [-0.39, 0.29) is 5.97 Å². The zero-order chi connectivity index (χ0) is 17.9. The van der Waals surface area contributed by atoms with Crippen LogP contribution in [0.25, 0.3) is 0 Å². The van der Waals surface area contributed by atoms with E-state index < -0.39 is 10.0 Å². The van der Waals surface area contributed by atoms with Gasteiger partial charge in [-0.25, -0.2) is 14.8 Å². The Bertz CT molecular complexity index is 244. The highest BCUT2D eigenvalue weighted by Crippen LogP contribution is 2.34. The summed E-state index contributed by atoms with van der Waals surface area (Å²) in [6, 6.07) is 0. The minimum absolute atomic E-state index is 0.274. The van der Waals surface area contributed by atoms with Gasteiger partial charge >= 0.3 is 5.97 Å². The van der Waals surface area contributed by atoms with E-state index in [0.29, 0.717) is 12.2 Å². The number of hydrogen-bond acceptors (Lipinski definition) is 3. The Labute approximate surface area is 140 Å². The molecule has 0 heterocycles. The van der Waals surface area contributed by atoms with E-state index in [9.17, 15) is 4.79 Å². The van der Waals surface area contributed by atoms with E-state index in [2.05, 4.69) is 31.9 Å². The molecule has 0 aliphatic heterocycles. The number of allylic oxidation sites excluding steroid dienone is 1. The van der Waals surface area contributed by atoms with Crippen LogP contribution >= 0.6 is 21.8 Å². The lowest BCUT2D eigenvalue weighted by Gasteiger charge is -2.24. The third-order valence-electron chi connectivity index (χ3n) is 1.48. The van der Waals surface area contributed by atoms with Crippen molar-refractivity contribution >= 4 is 27.8 Å². The van der Waals surface area contributed by atoms with Crippen LogP contribution in [-0.2, 0) is 9.53 Å². The molecule has 0 bridgehead atoms. The van der Waals surface area contributed by atoms with Gasteiger partial charge in [-0.1, -0.05) is 26.5 Å². The molecule has 0 aliphatic carbocycles. The first-order valence-corrected chi connectivity index (χ1v) is 11.8. The monoisotopic (exact) mass is 338 g/mol. The Hall–Kier alpha value is -0.350. The summed E-state index contributed by atoms with van der Waals surface area (Å²) in [6.07, 6.45) is 13.6. The van der Waals surface area contributed by atoms with Gasteiger partial charge in [-0.05, 0) is 57.3 Å². The van der Waals surface area contributed by atoms with Crippen LogP contribution in [0.5, 0.6) is 0 Å². The summed E-state index contributed by atoms with van der Waals surface area (Å²) in [5.74, 6) is 0.875. The molecule has 0 rings (SSSR count). The Morgan fingerprint density at radius 1 is 1.24 bits per heavy atom. The third kappa shape index (κ3) is 45.1. The molecule has 0 unspecified atom stereocenters. The van der Waals surface area contributed by atoms with E-state index in [4.69, 9.17) is 4.74 Å². The van der Waals surface area contributed by atoms with Crippen LogP contribution in [0.3, 0.4) is 0 Å². The number of hydrogen-bond donors (Lipinski definition) is 0. The second kappa shape index (κ2) is 21.9. The van der Waals surface area contributed by atoms with Crippen molar-refractivity contribution in [2.24, 2.45) is 0 Å². The fraction of sp³-hybridized carbons (Fsp3) is 0.706. The van der Waals surface area contributed by atoms with Crippen molar-refractivity contribution in [3.63, 3.8) is 0 Å². The Kier molecular flexibility index (Phi) is 30.0. The maximum atomic E-state index is 11.0. The summed E-state index contributed by atoms with van der Waals surface area (Å²) in [6.45, 7) is 15.0. The van der Waals surface area contributed by atoms with E-state index in [1.807, 2.05) is 33.3 Å². The van der Waals surface area contributed by atoms with E-state index >= 15 is 0 Å². The summed E-state index contributed by atoms with van der Waals surface area (Å²) in [7, 11) is -0.456. The van der Waals surface area contributed by atoms with Gasteiger partial charge in [0.15, 0.2) is 0 Å². The highest BCUT2D eigenvalue weighted by atomic mass is 32.3. The Morgan fingerprint density at radius 3 is 1.81 bits per heavy atom. The molecule has 0 aromatic rings. The molecular weight excluding hydrogens is 300 g/mol. The van der Waals surface area contributed by atoms with Crippen LogP contribution in [0.2, 0.25) is 0 Å². The van der Waals surface area contributed by atoms with Crippen LogP contribution < -0.4 is 0 Å². The summed E-state index contributed by atoms with van der Waals surface area (Å²) in [4.78, 5) is 11.0. The second-order valence-corrected chi connectivity index (χ2v) is 10.3. The predicted octanol–water partition coefficient (Wildman–Crippen LogP) is 5.39. The number of carbonyl (C=O) groups is 1. The molecule has 130 valence electrons. The molecule has 0 aromatic heterocycles. The van der Waals surface area contributed by atoms with Crippen LogP contribution in [0.4, 0.5) is 0 Å². The minimum atomic E-state index is -0.456. The lowest BCUT2D eigenvalue weighted by Crippen LogP contribution is -2.09. The van der Waals surface area contributed by atoms with Crippen molar-refractivity contribution < 1.29 is 9.53 Å². The maximum absolute atomic E-state index is 11.0. The number of carbonyl (C=O) groups excluding carboxylic acids is 1. The lowest BCUT2D eigenvalue weighted by atomic mass is 10.4. The predicted molar refractivity (Wildman–Crippen MR) is 107 cm³/mol. The van der Waals surface area contributed by atoms with Gasteiger partial charge in [-0.2, -0.15) is 11.8 Å². The molecule has 0 saturated carbocycles. The Balaban J connectivity index is -0.000000151. The molecule has 0 fully saturated rings. The standard InChI is InChI=1S/C10H20O2S.C3H6.C2H6S.C2H6/c1-9(2)10(11)12-7-6-8-13(3,4)5;2*1-3-2;1-2/h1,6-8H2,2-5H3;3H,1H2,2H3;1-2H3;1-2H3. The molecule has 0 aromatic carbocycles. The lowest BCUT2D eigenvalue weighted by molar-refractivity contribution is -0.138. The van der Waals surface area contributed by atoms with Crippen LogP contribution in [0.15, 0.2) is 24.8 Å². The van der Waals surface area contributed by atoms with Gasteiger partial charge in [0.05, 0.1) is 6.61 Å². The maximum Gasteiger partial charge on any atom is 0.333 e. The molecule has 0 saturated heterocycles. The molecule has 0 N–H and O–H groups in total. The second-order valence-electron chi connectivity index (χ2n) is 4.88. The quantitative estimate of drug-likeness (QED) is 0.291.